The van der Waals surface area contributed by atoms with Crippen LogP contribution in [0.4, 0.5) is 5.69 Å². The smallest absolute Gasteiger partial charge is 0.0410 e. The molecule has 1 saturated heterocycles. The van der Waals surface area contributed by atoms with Gasteiger partial charge in [0.1, 0.15) is 0 Å². The van der Waals surface area contributed by atoms with Crippen molar-refractivity contribution in [3.8, 4) is 0 Å². The fourth-order valence-electron chi connectivity index (χ4n) is 3.22. The molecule has 3 unspecified atom stereocenters. The molecule has 1 aromatic carbocycles. The molecular formula is C16H25ClN2. The van der Waals surface area contributed by atoms with Crippen LogP contribution in [-0.2, 0) is 6.42 Å². The van der Waals surface area contributed by atoms with Gasteiger partial charge in [-0.05, 0) is 61.9 Å². The van der Waals surface area contributed by atoms with E-state index in [1.165, 1.54) is 17.7 Å². The van der Waals surface area contributed by atoms with Crippen LogP contribution in [0.25, 0.3) is 0 Å². The maximum absolute atomic E-state index is 6.13. The topological polar surface area (TPSA) is 29.3 Å². The van der Waals surface area contributed by atoms with Gasteiger partial charge in [-0.15, -0.1) is 0 Å². The molecule has 0 radical (unpaired) electrons. The first-order valence-electron chi connectivity index (χ1n) is 7.28. The SMILES string of the molecule is CC1CC(C)C(C)N(c2ccc(Cl)cc2CCN)C1. The van der Waals surface area contributed by atoms with E-state index in [-0.39, 0.29) is 0 Å². The number of nitrogens with zero attached hydrogens (tertiary/aromatic N) is 1. The number of anilines is 1. The summed E-state index contributed by atoms with van der Waals surface area (Å²) in [5.74, 6) is 1.47. The van der Waals surface area contributed by atoms with Gasteiger partial charge in [0.2, 0.25) is 0 Å². The van der Waals surface area contributed by atoms with Gasteiger partial charge in [0, 0.05) is 23.3 Å². The number of hydrogen-bond donors (Lipinski definition) is 1. The van der Waals surface area contributed by atoms with Crippen molar-refractivity contribution in [2.45, 2.75) is 39.7 Å². The third kappa shape index (κ3) is 3.24. The van der Waals surface area contributed by atoms with Crippen LogP contribution in [0.5, 0.6) is 0 Å². The Morgan fingerprint density at radius 3 is 2.74 bits per heavy atom. The summed E-state index contributed by atoms with van der Waals surface area (Å²) in [6.07, 6.45) is 2.21. The molecule has 1 heterocycles. The lowest BCUT2D eigenvalue weighted by Gasteiger charge is -2.43. The highest BCUT2D eigenvalue weighted by molar-refractivity contribution is 6.30. The Balaban J connectivity index is 2.33. The van der Waals surface area contributed by atoms with Gasteiger partial charge in [-0.2, -0.15) is 0 Å². The Bertz CT molecular complexity index is 433. The van der Waals surface area contributed by atoms with E-state index >= 15 is 0 Å². The van der Waals surface area contributed by atoms with Crippen LogP contribution in [0.3, 0.4) is 0 Å². The predicted molar refractivity (Wildman–Crippen MR) is 84.0 cm³/mol. The first kappa shape index (κ1) is 14.7. The van der Waals surface area contributed by atoms with Crippen molar-refractivity contribution in [1.82, 2.24) is 0 Å². The molecule has 106 valence electrons. The van der Waals surface area contributed by atoms with Gasteiger partial charge < -0.3 is 10.6 Å². The largest absolute Gasteiger partial charge is 0.368 e. The maximum atomic E-state index is 6.13. The summed E-state index contributed by atoms with van der Waals surface area (Å²) >= 11 is 6.13. The van der Waals surface area contributed by atoms with Crippen LogP contribution in [0, 0.1) is 11.8 Å². The Hall–Kier alpha value is -0.730. The van der Waals surface area contributed by atoms with E-state index in [0.717, 1.165) is 29.8 Å². The lowest BCUT2D eigenvalue weighted by atomic mass is 9.85. The van der Waals surface area contributed by atoms with Crippen LogP contribution in [0.2, 0.25) is 5.02 Å². The minimum Gasteiger partial charge on any atom is -0.368 e. The summed E-state index contributed by atoms with van der Waals surface area (Å²) in [4.78, 5) is 2.54. The molecule has 0 bridgehead atoms. The van der Waals surface area contributed by atoms with E-state index in [2.05, 4.69) is 37.8 Å². The van der Waals surface area contributed by atoms with E-state index < -0.39 is 0 Å². The Kier molecular flexibility index (Phi) is 4.75. The first-order chi connectivity index (χ1) is 9.02. The van der Waals surface area contributed by atoms with Crippen molar-refractivity contribution in [1.29, 1.82) is 0 Å². The van der Waals surface area contributed by atoms with Crippen molar-refractivity contribution in [2.75, 3.05) is 18.0 Å². The highest BCUT2D eigenvalue weighted by atomic mass is 35.5. The molecule has 2 nitrogen and oxygen atoms in total. The van der Waals surface area contributed by atoms with Gasteiger partial charge in [-0.1, -0.05) is 25.4 Å². The lowest BCUT2D eigenvalue weighted by Crippen LogP contribution is -2.46. The summed E-state index contributed by atoms with van der Waals surface area (Å²) in [5, 5.41) is 0.804. The molecule has 0 saturated carbocycles. The molecule has 1 aliphatic rings. The summed E-state index contributed by atoms with van der Waals surface area (Å²) in [6.45, 7) is 8.82. The van der Waals surface area contributed by atoms with Crippen molar-refractivity contribution >= 4 is 17.3 Å². The maximum Gasteiger partial charge on any atom is 0.0410 e. The Morgan fingerprint density at radius 2 is 2.05 bits per heavy atom. The average Bonchev–Trinajstić information content (AvgIpc) is 2.35. The summed E-state index contributed by atoms with van der Waals surface area (Å²) in [5.41, 5.74) is 8.34. The van der Waals surface area contributed by atoms with Crippen LogP contribution in [0.1, 0.15) is 32.8 Å². The molecule has 3 heteroatoms. The molecule has 3 atom stereocenters. The molecular weight excluding hydrogens is 256 g/mol. The molecule has 0 amide bonds. The van der Waals surface area contributed by atoms with E-state index in [9.17, 15) is 0 Å². The molecule has 0 spiro atoms. The first-order valence-corrected chi connectivity index (χ1v) is 7.65. The average molecular weight is 281 g/mol. The van der Waals surface area contributed by atoms with Crippen molar-refractivity contribution in [2.24, 2.45) is 17.6 Å². The monoisotopic (exact) mass is 280 g/mol. The molecule has 1 aromatic rings. The zero-order valence-electron chi connectivity index (χ0n) is 12.2. The highest BCUT2D eigenvalue weighted by Crippen LogP contribution is 2.34. The van der Waals surface area contributed by atoms with Gasteiger partial charge in [0.15, 0.2) is 0 Å². The van der Waals surface area contributed by atoms with Crippen molar-refractivity contribution in [3.63, 3.8) is 0 Å². The highest BCUT2D eigenvalue weighted by Gasteiger charge is 2.29. The third-order valence-corrected chi connectivity index (χ3v) is 4.60. The predicted octanol–water partition coefficient (Wildman–Crippen LogP) is 3.71. The number of piperidine rings is 1. The number of hydrogen-bond acceptors (Lipinski definition) is 2. The van der Waals surface area contributed by atoms with E-state index in [1.807, 2.05) is 6.07 Å². The number of halogens is 1. The van der Waals surface area contributed by atoms with Gasteiger partial charge >= 0.3 is 0 Å². The van der Waals surface area contributed by atoms with Crippen LogP contribution in [0.15, 0.2) is 18.2 Å². The number of rotatable bonds is 3. The van der Waals surface area contributed by atoms with Crippen LogP contribution < -0.4 is 10.6 Å². The van der Waals surface area contributed by atoms with Crippen LogP contribution >= 0.6 is 11.6 Å². The minimum absolute atomic E-state index is 0.578. The van der Waals surface area contributed by atoms with Crippen LogP contribution in [-0.4, -0.2) is 19.1 Å². The second kappa shape index (κ2) is 6.15. The number of nitrogens with two attached hydrogens (primary N) is 1. The lowest BCUT2D eigenvalue weighted by molar-refractivity contribution is 0.296. The van der Waals surface area contributed by atoms with Gasteiger partial charge in [-0.25, -0.2) is 0 Å². The molecule has 19 heavy (non-hydrogen) atoms. The van der Waals surface area contributed by atoms with E-state index in [1.54, 1.807) is 0 Å². The van der Waals surface area contributed by atoms with Gasteiger partial charge in [0.05, 0.1) is 0 Å². The molecule has 1 aliphatic heterocycles. The zero-order valence-corrected chi connectivity index (χ0v) is 13.0. The Labute approximate surface area is 121 Å². The molecule has 2 N–H and O–H groups in total. The molecule has 0 aliphatic carbocycles. The molecule has 0 aromatic heterocycles. The second-order valence-corrected chi connectivity index (χ2v) is 6.46. The summed E-state index contributed by atoms with van der Waals surface area (Å²) < 4.78 is 0. The van der Waals surface area contributed by atoms with Crippen molar-refractivity contribution < 1.29 is 0 Å². The fourth-order valence-corrected chi connectivity index (χ4v) is 3.42. The van der Waals surface area contributed by atoms with E-state index in [0.29, 0.717) is 12.6 Å². The number of benzene rings is 1. The van der Waals surface area contributed by atoms with E-state index in [4.69, 9.17) is 17.3 Å². The van der Waals surface area contributed by atoms with Crippen molar-refractivity contribution in [3.05, 3.63) is 28.8 Å². The second-order valence-electron chi connectivity index (χ2n) is 6.02. The Morgan fingerprint density at radius 1 is 1.32 bits per heavy atom. The minimum atomic E-state index is 0.578. The molecule has 1 fully saturated rings. The third-order valence-electron chi connectivity index (χ3n) is 4.36. The summed E-state index contributed by atoms with van der Waals surface area (Å²) in [6, 6.07) is 6.80. The van der Waals surface area contributed by atoms with Gasteiger partial charge in [-0.3, -0.25) is 0 Å². The summed E-state index contributed by atoms with van der Waals surface area (Å²) in [7, 11) is 0. The zero-order chi connectivity index (χ0) is 14.0. The normalized spacial score (nSPS) is 27.6. The fraction of sp³-hybridized carbons (Fsp3) is 0.625. The quantitative estimate of drug-likeness (QED) is 0.914. The standard InChI is InChI=1S/C16H25ClN2/c1-11-8-12(2)13(3)19(10-11)16-5-4-15(17)9-14(16)6-7-18/h4-5,9,11-13H,6-8,10,18H2,1-3H3. The van der Waals surface area contributed by atoms with Gasteiger partial charge in [0.25, 0.3) is 0 Å². The molecule has 2 rings (SSSR count).